The SMILES string of the molecule is Cc1nc(N2CCNCC2)c2c(-c3ccc(F)cc3)csc2n1. The van der Waals surface area contributed by atoms with Crippen LogP contribution in [0.4, 0.5) is 10.2 Å². The number of thiophene rings is 1. The highest BCUT2D eigenvalue weighted by Gasteiger charge is 2.20. The molecule has 0 aliphatic carbocycles. The number of nitrogens with one attached hydrogen (secondary N) is 1. The van der Waals surface area contributed by atoms with E-state index in [9.17, 15) is 4.39 Å². The number of halogens is 1. The van der Waals surface area contributed by atoms with E-state index in [2.05, 4.69) is 20.6 Å². The van der Waals surface area contributed by atoms with Crippen LogP contribution in [-0.2, 0) is 0 Å². The first-order valence-corrected chi connectivity index (χ1v) is 8.58. The Hall–Kier alpha value is -2.05. The maximum absolute atomic E-state index is 13.2. The first kappa shape index (κ1) is 14.5. The predicted octanol–water partition coefficient (Wildman–Crippen LogP) is 3.22. The molecule has 1 aliphatic heterocycles. The highest BCUT2D eigenvalue weighted by atomic mass is 32.1. The van der Waals surface area contributed by atoms with Gasteiger partial charge in [-0.3, -0.25) is 0 Å². The lowest BCUT2D eigenvalue weighted by Crippen LogP contribution is -2.44. The van der Waals surface area contributed by atoms with Crippen LogP contribution in [0.2, 0.25) is 0 Å². The van der Waals surface area contributed by atoms with Crippen molar-refractivity contribution in [2.75, 3.05) is 31.1 Å². The van der Waals surface area contributed by atoms with E-state index < -0.39 is 0 Å². The number of hydrogen-bond acceptors (Lipinski definition) is 5. The molecule has 1 aliphatic rings. The third-order valence-electron chi connectivity index (χ3n) is 4.10. The molecule has 0 amide bonds. The van der Waals surface area contributed by atoms with Crippen molar-refractivity contribution in [1.29, 1.82) is 0 Å². The van der Waals surface area contributed by atoms with Crippen molar-refractivity contribution in [3.05, 3.63) is 41.3 Å². The lowest BCUT2D eigenvalue weighted by atomic mass is 10.1. The zero-order valence-electron chi connectivity index (χ0n) is 12.8. The van der Waals surface area contributed by atoms with Gasteiger partial charge in [-0.05, 0) is 24.6 Å². The fourth-order valence-electron chi connectivity index (χ4n) is 2.97. The van der Waals surface area contributed by atoms with E-state index in [1.165, 1.54) is 12.1 Å². The molecule has 3 aromatic rings. The molecule has 0 spiro atoms. The van der Waals surface area contributed by atoms with E-state index >= 15 is 0 Å². The average Bonchev–Trinajstić information content (AvgIpc) is 2.99. The Kier molecular flexibility index (Phi) is 3.71. The Bertz CT molecular complexity index is 838. The summed E-state index contributed by atoms with van der Waals surface area (Å²) in [5.74, 6) is 1.57. The molecule has 1 saturated heterocycles. The molecular formula is C17H17FN4S. The summed E-state index contributed by atoms with van der Waals surface area (Å²) in [7, 11) is 0. The third kappa shape index (κ3) is 2.68. The van der Waals surface area contributed by atoms with Crippen LogP contribution in [0.5, 0.6) is 0 Å². The zero-order chi connectivity index (χ0) is 15.8. The summed E-state index contributed by atoms with van der Waals surface area (Å²) >= 11 is 1.62. The molecule has 6 heteroatoms. The van der Waals surface area contributed by atoms with Gasteiger partial charge in [0.1, 0.15) is 22.3 Å². The molecule has 0 bridgehead atoms. The van der Waals surface area contributed by atoms with Gasteiger partial charge in [0.05, 0.1) is 5.39 Å². The number of hydrogen-bond donors (Lipinski definition) is 1. The second-order valence-corrected chi connectivity index (χ2v) is 6.53. The van der Waals surface area contributed by atoms with E-state index in [0.29, 0.717) is 0 Å². The van der Waals surface area contributed by atoms with Crippen molar-refractivity contribution in [3.8, 4) is 11.1 Å². The summed E-state index contributed by atoms with van der Waals surface area (Å²) in [6, 6.07) is 6.63. The number of aryl methyl sites for hydroxylation is 1. The fraction of sp³-hybridized carbons (Fsp3) is 0.294. The number of benzene rings is 1. The molecule has 0 saturated carbocycles. The molecule has 2 aromatic heterocycles. The Morgan fingerprint density at radius 2 is 1.87 bits per heavy atom. The van der Waals surface area contributed by atoms with Gasteiger partial charge in [-0.1, -0.05) is 12.1 Å². The van der Waals surface area contributed by atoms with Crippen LogP contribution in [0.3, 0.4) is 0 Å². The van der Waals surface area contributed by atoms with Crippen LogP contribution >= 0.6 is 11.3 Å². The minimum atomic E-state index is -0.220. The minimum Gasteiger partial charge on any atom is -0.353 e. The predicted molar refractivity (Wildman–Crippen MR) is 92.6 cm³/mol. The molecule has 118 valence electrons. The van der Waals surface area contributed by atoms with Gasteiger partial charge in [-0.2, -0.15) is 0 Å². The summed E-state index contributed by atoms with van der Waals surface area (Å²) in [6.45, 7) is 5.72. The largest absolute Gasteiger partial charge is 0.353 e. The molecule has 1 N–H and O–H groups in total. The van der Waals surface area contributed by atoms with Gasteiger partial charge < -0.3 is 10.2 Å². The number of rotatable bonds is 2. The van der Waals surface area contributed by atoms with Crippen molar-refractivity contribution >= 4 is 27.4 Å². The molecule has 1 aromatic carbocycles. The number of fused-ring (bicyclic) bond motifs is 1. The number of anilines is 1. The molecule has 4 nitrogen and oxygen atoms in total. The lowest BCUT2D eigenvalue weighted by molar-refractivity contribution is 0.585. The summed E-state index contributed by atoms with van der Waals surface area (Å²) in [5.41, 5.74) is 2.08. The molecule has 0 radical (unpaired) electrons. The molecule has 0 atom stereocenters. The molecule has 0 unspecified atom stereocenters. The van der Waals surface area contributed by atoms with E-state index in [4.69, 9.17) is 4.98 Å². The minimum absolute atomic E-state index is 0.220. The summed E-state index contributed by atoms with van der Waals surface area (Å²) in [4.78, 5) is 12.6. The molecule has 23 heavy (non-hydrogen) atoms. The van der Waals surface area contributed by atoms with Gasteiger partial charge in [0.2, 0.25) is 0 Å². The Morgan fingerprint density at radius 1 is 1.13 bits per heavy atom. The smallest absolute Gasteiger partial charge is 0.141 e. The molecule has 1 fully saturated rings. The first-order chi connectivity index (χ1) is 11.2. The van der Waals surface area contributed by atoms with E-state index in [-0.39, 0.29) is 5.82 Å². The molecular weight excluding hydrogens is 311 g/mol. The van der Waals surface area contributed by atoms with Gasteiger partial charge in [0, 0.05) is 37.1 Å². The Balaban J connectivity index is 1.90. The van der Waals surface area contributed by atoms with Crippen LogP contribution in [-0.4, -0.2) is 36.1 Å². The Morgan fingerprint density at radius 3 is 2.61 bits per heavy atom. The van der Waals surface area contributed by atoms with Crippen LogP contribution < -0.4 is 10.2 Å². The summed E-state index contributed by atoms with van der Waals surface area (Å²) in [6.07, 6.45) is 0. The van der Waals surface area contributed by atoms with E-state index in [1.807, 2.05) is 19.1 Å². The molecule has 3 heterocycles. The topological polar surface area (TPSA) is 41.1 Å². The number of aromatic nitrogens is 2. The van der Waals surface area contributed by atoms with Gasteiger partial charge >= 0.3 is 0 Å². The van der Waals surface area contributed by atoms with Gasteiger partial charge in [0.15, 0.2) is 0 Å². The van der Waals surface area contributed by atoms with Crippen molar-refractivity contribution < 1.29 is 4.39 Å². The normalized spacial score (nSPS) is 15.3. The number of piperazine rings is 1. The van der Waals surface area contributed by atoms with Crippen LogP contribution in [0.25, 0.3) is 21.3 Å². The van der Waals surface area contributed by atoms with Gasteiger partial charge in [0.25, 0.3) is 0 Å². The second-order valence-electron chi connectivity index (χ2n) is 5.67. The van der Waals surface area contributed by atoms with E-state index in [1.54, 1.807) is 11.3 Å². The van der Waals surface area contributed by atoms with Gasteiger partial charge in [-0.25, -0.2) is 14.4 Å². The quantitative estimate of drug-likeness (QED) is 0.784. The standard InChI is InChI=1S/C17H17FN4S/c1-11-20-16(22-8-6-19-7-9-22)15-14(10-23-17(15)21-11)12-2-4-13(18)5-3-12/h2-5,10,19H,6-9H2,1H3. The highest BCUT2D eigenvalue weighted by molar-refractivity contribution is 7.17. The van der Waals surface area contributed by atoms with Gasteiger partial charge in [-0.15, -0.1) is 11.3 Å². The summed E-state index contributed by atoms with van der Waals surface area (Å²) < 4.78 is 13.2. The van der Waals surface area contributed by atoms with Crippen molar-refractivity contribution in [2.24, 2.45) is 0 Å². The average molecular weight is 328 g/mol. The first-order valence-electron chi connectivity index (χ1n) is 7.70. The highest BCUT2D eigenvalue weighted by Crippen LogP contribution is 2.38. The summed E-state index contributed by atoms with van der Waals surface area (Å²) in [5, 5.41) is 6.54. The maximum Gasteiger partial charge on any atom is 0.141 e. The van der Waals surface area contributed by atoms with Crippen LogP contribution in [0, 0.1) is 12.7 Å². The van der Waals surface area contributed by atoms with Crippen molar-refractivity contribution in [1.82, 2.24) is 15.3 Å². The van der Waals surface area contributed by atoms with Crippen molar-refractivity contribution in [3.63, 3.8) is 0 Å². The van der Waals surface area contributed by atoms with Crippen LogP contribution in [0.15, 0.2) is 29.6 Å². The second kappa shape index (κ2) is 5.86. The zero-order valence-corrected chi connectivity index (χ0v) is 13.7. The Labute approximate surface area is 138 Å². The van der Waals surface area contributed by atoms with Crippen LogP contribution in [0.1, 0.15) is 5.82 Å². The number of nitrogens with zero attached hydrogens (tertiary/aromatic N) is 3. The fourth-order valence-corrected chi connectivity index (χ4v) is 3.96. The third-order valence-corrected chi connectivity index (χ3v) is 4.97. The molecule has 4 rings (SSSR count). The monoisotopic (exact) mass is 328 g/mol. The van der Waals surface area contributed by atoms with Crippen molar-refractivity contribution in [2.45, 2.75) is 6.92 Å². The lowest BCUT2D eigenvalue weighted by Gasteiger charge is -2.29. The van der Waals surface area contributed by atoms with E-state index in [0.717, 1.165) is 59.2 Å². The maximum atomic E-state index is 13.2.